The van der Waals surface area contributed by atoms with Gasteiger partial charge in [-0.2, -0.15) is 0 Å². The van der Waals surface area contributed by atoms with E-state index in [-0.39, 0.29) is 0 Å². The lowest BCUT2D eigenvalue weighted by Crippen LogP contribution is -2.13. The SMILES string of the molecule is CCC(CC)CNc1cc(C)nc2ccc(N)cc12. The summed E-state index contributed by atoms with van der Waals surface area (Å²) in [6.07, 6.45) is 2.40. The first-order valence-electron chi connectivity index (χ1n) is 7.04. The van der Waals surface area contributed by atoms with Crippen LogP contribution >= 0.6 is 0 Å². The number of fused-ring (bicyclic) bond motifs is 1. The summed E-state index contributed by atoms with van der Waals surface area (Å²) in [5.74, 6) is 0.713. The topological polar surface area (TPSA) is 50.9 Å². The highest BCUT2D eigenvalue weighted by Crippen LogP contribution is 2.25. The Morgan fingerprint density at radius 2 is 1.95 bits per heavy atom. The lowest BCUT2D eigenvalue weighted by molar-refractivity contribution is 0.519. The molecule has 0 aliphatic rings. The van der Waals surface area contributed by atoms with Crippen LogP contribution in [0.1, 0.15) is 32.4 Å². The second-order valence-corrected chi connectivity index (χ2v) is 5.15. The Kier molecular flexibility index (Phi) is 4.25. The minimum atomic E-state index is 0.713. The highest BCUT2D eigenvalue weighted by atomic mass is 14.9. The third-order valence-electron chi connectivity index (χ3n) is 3.70. The van der Waals surface area contributed by atoms with Crippen molar-refractivity contribution >= 4 is 22.3 Å². The number of nitrogens with one attached hydrogen (secondary N) is 1. The Morgan fingerprint density at radius 1 is 1.21 bits per heavy atom. The Balaban J connectivity index is 2.33. The summed E-state index contributed by atoms with van der Waals surface area (Å²) in [5, 5.41) is 4.67. The molecule has 0 bridgehead atoms. The fourth-order valence-electron chi connectivity index (χ4n) is 2.35. The van der Waals surface area contributed by atoms with Gasteiger partial charge in [0.1, 0.15) is 0 Å². The number of pyridine rings is 1. The minimum absolute atomic E-state index is 0.713. The molecule has 1 aromatic heterocycles. The number of nitrogens with two attached hydrogens (primary N) is 1. The average Bonchev–Trinajstić information content (AvgIpc) is 2.40. The third-order valence-corrected chi connectivity index (χ3v) is 3.70. The molecule has 2 aromatic rings. The van der Waals surface area contributed by atoms with Crippen molar-refractivity contribution < 1.29 is 0 Å². The molecule has 0 radical (unpaired) electrons. The molecule has 3 nitrogen and oxygen atoms in total. The number of hydrogen-bond donors (Lipinski definition) is 2. The molecular formula is C16H23N3. The molecule has 0 amide bonds. The molecule has 0 aliphatic carbocycles. The maximum atomic E-state index is 5.88. The van der Waals surface area contributed by atoms with E-state index in [1.807, 2.05) is 25.1 Å². The van der Waals surface area contributed by atoms with E-state index in [0.717, 1.165) is 34.5 Å². The van der Waals surface area contributed by atoms with E-state index < -0.39 is 0 Å². The van der Waals surface area contributed by atoms with E-state index in [9.17, 15) is 0 Å². The van der Waals surface area contributed by atoms with Crippen LogP contribution in [-0.4, -0.2) is 11.5 Å². The van der Waals surface area contributed by atoms with Gasteiger partial charge in [-0.05, 0) is 37.1 Å². The van der Waals surface area contributed by atoms with Crippen LogP contribution in [0, 0.1) is 12.8 Å². The second kappa shape index (κ2) is 5.91. The number of rotatable bonds is 5. The third kappa shape index (κ3) is 3.16. The van der Waals surface area contributed by atoms with Gasteiger partial charge in [0.25, 0.3) is 0 Å². The zero-order chi connectivity index (χ0) is 13.8. The quantitative estimate of drug-likeness (QED) is 0.797. The number of aryl methyl sites for hydroxylation is 1. The van der Waals surface area contributed by atoms with Crippen LogP contribution < -0.4 is 11.1 Å². The van der Waals surface area contributed by atoms with Gasteiger partial charge in [0.05, 0.1) is 5.52 Å². The van der Waals surface area contributed by atoms with Gasteiger partial charge in [-0.3, -0.25) is 4.98 Å². The number of aromatic nitrogens is 1. The van der Waals surface area contributed by atoms with Crippen molar-refractivity contribution in [1.82, 2.24) is 4.98 Å². The van der Waals surface area contributed by atoms with Gasteiger partial charge >= 0.3 is 0 Å². The van der Waals surface area contributed by atoms with Crippen LogP contribution in [0.4, 0.5) is 11.4 Å². The molecule has 0 unspecified atom stereocenters. The fourth-order valence-corrected chi connectivity index (χ4v) is 2.35. The summed E-state index contributed by atoms with van der Waals surface area (Å²) in [4.78, 5) is 4.55. The molecule has 1 aromatic carbocycles. The second-order valence-electron chi connectivity index (χ2n) is 5.15. The van der Waals surface area contributed by atoms with Crippen molar-refractivity contribution in [3.63, 3.8) is 0 Å². The fraction of sp³-hybridized carbons (Fsp3) is 0.438. The first-order valence-corrected chi connectivity index (χ1v) is 7.04. The summed E-state index contributed by atoms with van der Waals surface area (Å²) in [7, 11) is 0. The first-order chi connectivity index (χ1) is 9.13. The van der Waals surface area contributed by atoms with Gasteiger partial charge < -0.3 is 11.1 Å². The van der Waals surface area contributed by atoms with E-state index in [0.29, 0.717) is 5.92 Å². The summed E-state index contributed by atoms with van der Waals surface area (Å²) in [5.41, 5.74) is 9.84. The summed E-state index contributed by atoms with van der Waals surface area (Å²) < 4.78 is 0. The van der Waals surface area contributed by atoms with Gasteiger partial charge in [0, 0.05) is 29.0 Å². The van der Waals surface area contributed by atoms with Crippen LogP contribution in [0.3, 0.4) is 0 Å². The summed E-state index contributed by atoms with van der Waals surface area (Å²) in [6, 6.07) is 7.99. The standard InChI is InChI=1S/C16H23N3/c1-4-12(5-2)10-18-16-8-11(3)19-15-7-6-13(17)9-14(15)16/h6-9,12H,4-5,10,17H2,1-3H3,(H,18,19). The van der Waals surface area contributed by atoms with Gasteiger partial charge in [-0.15, -0.1) is 0 Å². The van der Waals surface area contributed by atoms with E-state index in [1.54, 1.807) is 0 Å². The van der Waals surface area contributed by atoms with Crippen molar-refractivity contribution in [1.29, 1.82) is 0 Å². The smallest absolute Gasteiger partial charge is 0.0727 e. The normalized spacial score (nSPS) is 11.2. The molecule has 3 heteroatoms. The highest BCUT2D eigenvalue weighted by molar-refractivity contribution is 5.93. The molecule has 3 N–H and O–H groups in total. The maximum Gasteiger partial charge on any atom is 0.0727 e. The van der Waals surface area contributed by atoms with Crippen molar-refractivity contribution in [2.75, 3.05) is 17.6 Å². The zero-order valence-corrected chi connectivity index (χ0v) is 12.0. The molecule has 102 valence electrons. The van der Waals surface area contributed by atoms with Gasteiger partial charge in [0.15, 0.2) is 0 Å². The van der Waals surface area contributed by atoms with Crippen LogP contribution in [-0.2, 0) is 0 Å². The van der Waals surface area contributed by atoms with Crippen LogP contribution in [0.25, 0.3) is 10.9 Å². The maximum absolute atomic E-state index is 5.88. The molecule has 0 spiro atoms. The van der Waals surface area contributed by atoms with Crippen LogP contribution in [0.5, 0.6) is 0 Å². The van der Waals surface area contributed by atoms with Crippen molar-refractivity contribution in [3.8, 4) is 0 Å². The van der Waals surface area contributed by atoms with Crippen molar-refractivity contribution in [3.05, 3.63) is 30.0 Å². The molecule has 0 fully saturated rings. The summed E-state index contributed by atoms with van der Waals surface area (Å²) >= 11 is 0. The van der Waals surface area contributed by atoms with Crippen molar-refractivity contribution in [2.45, 2.75) is 33.6 Å². The van der Waals surface area contributed by atoms with Gasteiger partial charge in [-0.1, -0.05) is 26.7 Å². The highest BCUT2D eigenvalue weighted by Gasteiger charge is 2.07. The number of anilines is 2. The lowest BCUT2D eigenvalue weighted by Gasteiger charge is -2.16. The Bertz CT molecular complexity index is 559. The van der Waals surface area contributed by atoms with E-state index in [1.165, 1.54) is 12.8 Å². The Morgan fingerprint density at radius 3 is 2.63 bits per heavy atom. The van der Waals surface area contributed by atoms with Crippen LogP contribution in [0.2, 0.25) is 0 Å². The summed E-state index contributed by atoms with van der Waals surface area (Å²) in [6.45, 7) is 7.51. The predicted octanol–water partition coefficient (Wildman–Crippen LogP) is 3.97. The lowest BCUT2D eigenvalue weighted by atomic mass is 10.0. The zero-order valence-electron chi connectivity index (χ0n) is 12.0. The molecule has 0 aliphatic heterocycles. The molecule has 19 heavy (non-hydrogen) atoms. The predicted molar refractivity (Wildman–Crippen MR) is 83.5 cm³/mol. The number of hydrogen-bond acceptors (Lipinski definition) is 3. The van der Waals surface area contributed by atoms with Gasteiger partial charge in [0.2, 0.25) is 0 Å². The minimum Gasteiger partial charge on any atom is -0.399 e. The molecule has 1 heterocycles. The molecule has 0 saturated heterocycles. The molecule has 2 rings (SSSR count). The van der Waals surface area contributed by atoms with E-state index in [4.69, 9.17) is 5.73 Å². The number of nitrogen functional groups attached to an aromatic ring is 1. The molecule has 0 atom stereocenters. The van der Waals surface area contributed by atoms with E-state index >= 15 is 0 Å². The van der Waals surface area contributed by atoms with Crippen LogP contribution in [0.15, 0.2) is 24.3 Å². The Labute approximate surface area is 115 Å². The van der Waals surface area contributed by atoms with Crippen molar-refractivity contribution in [2.24, 2.45) is 5.92 Å². The number of benzene rings is 1. The average molecular weight is 257 g/mol. The van der Waals surface area contributed by atoms with Gasteiger partial charge in [-0.25, -0.2) is 0 Å². The number of nitrogens with zero attached hydrogens (tertiary/aromatic N) is 1. The Hall–Kier alpha value is -1.77. The first kappa shape index (κ1) is 13.7. The molecular weight excluding hydrogens is 234 g/mol. The van der Waals surface area contributed by atoms with E-state index in [2.05, 4.69) is 30.2 Å². The molecule has 0 saturated carbocycles. The largest absolute Gasteiger partial charge is 0.399 e. The monoisotopic (exact) mass is 257 g/mol.